The van der Waals surface area contributed by atoms with Crippen molar-refractivity contribution in [1.82, 2.24) is 5.32 Å². The number of nitrogens with one attached hydrogen (secondary N) is 1. The van der Waals surface area contributed by atoms with E-state index in [9.17, 15) is 4.39 Å². The molecule has 0 unspecified atom stereocenters. The molecule has 0 aliphatic carbocycles. The molecule has 0 heterocycles. The molecule has 0 saturated carbocycles. The van der Waals surface area contributed by atoms with E-state index >= 15 is 0 Å². The second-order valence-electron chi connectivity index (χ2n) is 2.81. The van der Waals surface area contributed by atoms with E-state index in [-0.39, 0.29) is 5.82 Å². The number of halogens is 2. The molecule has 0 amide bonds. The SMILES string of the molecule is CC#CCNCc1cc(F)cc(Br)c1. The van der Waals surface area contributed by atoms with Crippen molar-refractivity contribution in [1.29, 1.82) is 0 Å². The Morgan fingerprint density at radius 2 is 2.21 bits per heavy atom. The molecule has 0 bridgehead atoms. The van der Waals surface area contributed by atoms with Crippen LogP contribution in [-0.2, 0) is 6.54 Å². The van der Waals surface area contributed by atoms with Crippen LogP contribution in [0.5, 0.6) is 0 Å². The van der Waals surface area contributed by atoms with Crippen LogP contribution in [0.3, 0.4) is 0 Å². The van der Waals surface area contributed by atoms with Crippen LogP contribution >= 0.6 is 15.9 Å². The van der Waals surface area contributed by atoms with Gasteiger partial charge >= 0.3 is 0 Å². The van der Waals surface area contributed by atoms with E-state index in [2.05, 4.69) is 33.1 Å². The summed E-state index contributed by atoms with van der Waals surface area (Å²) in [6, 6.07) is 4.84. The Kier molecular flexibility index (Phi) is 4.64. The van der Waals surface area contributed by atoms with Crippen molar-refractivity contribution < 1.29 is 4.39 Å². The first-order chi connectivity index (χ1) is 6.72. The lowest BCUT2D eigenvalue weighted by Gasteiger charge is -2.02. The second-order valence-corrected chi connectivity index (χ2v) is 3.72. The first-order valence-electron chi connectivity index (χ1n) is 4.27. The number of hydrogen-bond acceptors (Lipinski definition) is 1. The van der Waals surface area contributed by atoms with Gasteiger partial charge in [-0.3, -0.25) is 0 Å². The Bertz CT molecular complexity index is 345. The van der Waals surface area contributed by atoms with E-state index in [1.165, 1.54) is 12.1 Å². The molecule has 1 nitrogen and oxygen atoms in total. The van der Waals surface area contributed by atoms with Crippen LogP contribution < -0.4 is 5.32 Å². The van der Waals surface area contributed by atoms with E-state index in [1.54, 1.807) is 6.92 Å². The monoisotopic (exact) mass is 255 g/mol. The zero-order valence-corrected chi connectivity index (χ0v) is 9.49. The van der Waals surface area contributed by atoms with Gasteiger partial charge in [0.2, 0.25) is 0 Å². The maximum absolute atomic E-state index is 12.9. The molecule has 0 saturated heterocycles. The van der Waals surface area contributed by atoms with Crippen LogP contribution in [-0.4, -0.2) is 6.54 Å². The summed E-state index contributed by atoms with van der Waals surface area (Å²) in [6.07, 6.45) is 0. The van der Waals surface area contributed by atoms with E-state index < -0.39 is 0 Å². The van der Waals surface area contributed by atoms with Crippen LogP contribution in [0, 0.1) is 17.7 Å². The predicted octanol–water partition coefficient (Wildman–Crippen LogP) is 2.70. The molecule has 3 heteroatoms. The fraction of sp³-hybridized carbons (Fsp3) is 0.273. The summed E-state index contributed by atoms with van der Waals surface area (Å²) in [4.78, 5) is 0. The van der Waals surface area contributed by atoms with Crippen molar-refractivity contribution in [2.45, 2.75) is 13.5 Å². The lowest BCUT2D eigenvalue weighted by atomic mass is 10.2. The summed E-state index contributed by atoms with van der Waals surface area (Å²) in [6.45, 7) is 3.05. The van der Waals surface area contributed by atoms with Crippen LogP contribution in [0.4, 0.5) is 4.39 Å². The average molecular weight is 256 g/mol. The third-order valence-electron chi connectivity index (χ3n) is 1.64. The molecule has 0 aliphatic heterocycles. The molecule has 14 heavy (non-hydrogen) atoms. The van der Waals surface area contributed by atoms with Gasteiger partial charge in [-0.25, -0.2) is 4.39 Å². The number of hydrogen-bond donors (Lipinski definition) is 1. The first kappa shape index (κ1) is 11.2. The molecule has 1 aromatic rings. The van der Waals surface area contributed by atoms with Gasteiger partial charge in [0.1, 0.15) is 5.82 Å². The Hall–Kier alpha value is -0.850. The van der Waals surface area contributed by atoms with E-state index in [0.717, 1.165) is 10.0 Å². The van der Waals surface area contributed by atoms with Crippen molar-refractivity contribution in [3.63, 3.8) is 0 Å². The quantitative estimate of drug-likeness (QED) is 0.647. The van der Waals surface area contributed by atoms with Gasteiger partial charge in [-0.05, 0) is 30.7 Å². The first-order valence-corrected chi connectivity index (χ1v) is 5.07. The van der Waals surface area contributed by atoms with Crippen molar-refractivity contribution in [2.75, 3.05) is 6.54 Å². The third kappa shape index (κ3) is 3.91. The normalized spacial score (nSPS) is 9.36. The van der Waals surface area contributed by atoms with Crippen molar-refractivity contribution in [2.24, 2.45) is 0 Å². The summed E-state index contributed by atoms with van der Waals surface area (Å²) in [5, 5.41) is 3.10. The number of benzene rings is 1. The molecule has 1 N–H and O–H groups in total. The Labute approximate surface area is 91.8 Å². The van der Waals surface area contributed by atoms with Gasteiger partial charge in [0.15, 0.2) is 0 Å². The lowest BCUT2D eigenvalue weighted by molar-refractivity contribution is 0.622. The van der Waals surface area contributed by atoms with Crippen LogP contribution in [0.1, 0.15) is 12.5 Å². The minimum absolute atomic E-state index is 0.224. The molecule has 74 valence electrons. The molecule has 0 aromatic heterocycles. The molecule has 0 fully saturated rings. The predicted molar refractivity (Wildman–Crippen MR) is 59.3 cm³/mol. The zero-order chi connectivity index (χ0) is 10.4. The molecule has 1 aromatic carbocycles. The van der Waals surface area contributed by atoms with Crippen molar-refractivity contribution in [3.8, 4) is 11.8 Å². The summed E-state index contributed by atoms with van der Waals surface area (Å²) in [5.74, 6) is 5.44. The van der Waals surface area contributed by atoms with Gasteiger partial charge in [0.25, 0.3) is 0 Å². The Morgan fingerprint density at radius 1 is 1.43 bits per heavy atom. The third-order valence-corrected chi connectivity index (χ3v) is 2.10. The highest BCUT2D eigenvalue weighted by Crippen LogP contribution is 2.14. The molecule has 0 radical (unpaired) electrons. The lowest BCUT2D eigenvalue weighted by Crippen LogP contribution is -2.13. The highest BCUT2D eigenvalue weighted by Gasteiger charge is 1.97. The van der Waals surface area contributed by atoms with Gasteiger partial charge < -0.3 is 5.32 Å². The maximum Gasteiger partial charge on any atom is 0.124 e. The van der Waals surface area contributed by atoms with Crippen LogP contribution in [0.25, 0.3) is 0 Å². The summed E-state index contributed by atoms with van der Waals surface area (Å²) in [7, 11) is 0. The fourth-order valence-corrected chi connectivity index (χ4v) is 1.58. The maximum atomic E-state index is 12.9. The van der Waals surface area contributed by atoms with Gasteiger partial charge in [-0.15, -0.1) is 5.92 Å². The Morgan fingerprint density at radius 3 is 2.86 bits per heavy atom. The summed E-state index contributed by atoms with van der Waals surface area (Å²) in [5.41, 5.74) is 0.912. The standard InChI is InChI=1S/C11H11BrFN/c1-2-3-4-14-8-9-5-10(12)7-11(13)6-9/h5-7,14H,4,8H2,1H3. The van der Waals surface area contributed by atoms with Crippen molar-refractivity contribution in [3.05, 3.63) is 34.1 Å². The molecular weight excluding hydrogens is 245 g/mol. The van der Waals surface area contributed by atoms with E-state index in [1.807, 2.05) is 6.07 Å². The molecule has 0 spiro atoms. The number of rotatable bonds is 3. The van der Waals surface area contributed by atoms with Gasteiger partial charge in [0, 0.05) is 11.0 Å². The van der Waals surface area contributed by atoms with Crippen molar-refractivity contribution >= 4 is 15.9 Å². The minimum atomic E-state index is -0.224. The smallest absolute Gasteiger partial charge is 0.124 e. The minimum Gasteiger partial charge on any atom is -0.302 e. The molecular formula is C11H11BrFN. The average Bonchev–Trinajstić information content (AvgIpc) is 2.11. The molecule has 1 rings (SSSR count). The summed E-state index contributed by atoms with van der Waals surface area (Å²) < 4.78 is 13.7. The van der Waals surface area contributed by atoms with Gasteiger partial charge in [-0.2, -0.15) is 0 Å². The zero-order valence-electron chi connectivity index (χ0n) is 7.90. The highest BCUT2D eigenvalue weighted by molar-refractivity contribution is 9.10. The van der Waals surface area contributed by atoms with E-state index in [0.29, 0.717) is 13.1 Å². The largest absolute Gasteiger partial charge is 0.302 e. The van der Waals surface area contributed by atoms with Gasteiger partial charge in [-0.1, -0.05) is 21.9 Å². The van der Waals surface area contributed by atoms with Crippen LogP contribution in [0.15, 0.2) is 22.7 Å². The van der Waals surface area contributed by atoms with E-state index in [4.69, 9.17) is 0 Å². The molecule has 0 atom stereocenters. The summed E-state index contributed by atoms with van der Waals surface area (Å²) >= 11 is 3.24. The highest BCUT2D eigenvalue weighted by atomic mass is 79.9. The Balaban J connectivity index is 2.53. The topological polar surface area (TPSA) is 12.0 Å². The van der Waals surface area contributed by atoms with Gasteiger partial charge in [0.05, 0.1) is 6.54 Å². The molecule has 0 aliphatic rings. The van der Waals surface area contributed by atoms with Crippen LogP contribution in [0.2, 0.25) is 0 Å². The fourth-order valence-electron chi connectivity index (χ4n) is 1.07. The second kappa shape index (κ2) is 5.79.